The molecule has 2 rings (SSSR count). The maximum absolute atomic E-state index is 5.54. The molecule has 84 valence electrons. The highest BCUT2D eigenvalue weighted by molar-refractivity contribution is 7.10. The maximum Gasteiger partial charge on any atom is 0.0933 e. The molecule has 2 heterocycles. The topological polar surface area (TPSA) is 30.5 Å². The Bertz CT molecular complexity index is 295. The summed E-state index contributed by atoms with van der Waals surface area (Å²) < 4.78 is 10.9. The standard InChI is InChI=1S/C11H17NO2S/c1-9-2-5-15-11(9)7-12-6-10-8-13-3-4-14-10/h2,5,10,12H,3-4,6-8H2,1H3. The zero-order valence-corrected chi connectivity index (χ0v) is 9.81. The molecule has 4 heteroatoms. The van der Waals surface area contributed by atoms with Crippen LogP contribution in [-0.4, -0.2) is 32.5 Å². The minimum atomic E-state index is 0.221. The number of thiophene rings is 1. The predicted octanol–water partition coefficient (Wildman–Crippen LogP) is 1.56. The summed E-state index contributed by atoms with van der Waals surface area (Å²) >= 11 is 1.80. The van der Waals surface area contributed by atoms with E-state index in [1.807, 2.05) is 0 Å². The van der Waals surface area contributed by atoms with Crippen molar-refractivity contribution in [1.29, 1.82) is 0 Å². The summed E-state index contributed by atoms with van der Waals surface area (Å²) in [5.74, 6) is 0. The van der Waals surface area contributed by atoms with Gasteiger partial charge in [-0.1, -0.05) is 0 Å². The smallest absolute Gasteiger partial charge is 0.0933 e. The Morgan fingerprint density at radius 1 is 1.53 bits per heavy atom. The number of hydrogen-bond acceptors (Lipinski definition) is 4. The molecule has 0 amide bonds. The van der Waals surface area contributed by atoms with E-state index in [-0.39, 0.29) is 6.10 Å². The van der Waals surface area contributed by atoms with Crippen LogP contribution < -0.4 is 5.32 Å². The molecule has 0 spiro atoms. The van der Waals surface area contributed by atoms with E-state index in [1.54, 1.807) is 11.3 Å². The molecule has 0 aliphatic carbocycles. The van der Waals surface area contributed by atoms with E-state index in [2.05, 4.69) is 23.7 Å². The van der Waals surface area contributed by atoms with Crippen LogP contribution in [0, 0.1) is 6.92 Å². The van der Waals surface area contributed by atoms with Crippen LogP contribution in [0.3, 0.4) is 0 Å². The van der Waals surface area contributed by atoms with Gasteiger partial charge in [-0.3, -0.25) is 0 Å². The molecule has 1 aliphatic rings. The summed E-state index contributed by atoms with van der Waals surface area (Å²) in [5.41, 5.74) is 1.37. The highest BCUT2D eigenvalue weighted by Gasteiger charge is 2.13. The monoisotopic (exact) mass is 227 g/mol. The van der Waals surface area contributed by atoms with Crippen LogP contribution in [-0.2, 0) is 16.0 Å². The van der Waals surface area contributed by atoms with E-state index >= 15 is 0 Å². The molecule has 3 nitrogen and oxygen atoms in total. The SMILES string of the molecule is Cc1ccsc1CNCC1COCCO1. The van der Waals surface area contributed by atoms with Gasteiger partial charge in [0.2, 0.25) is 0 Å². The quantitative estimate of drug-likeness (QED) is 0.847. The third kappa shape index (κ3) is 3.28. The molecule has 1 aliphatic heterocycles. The Kier molecular flexibility index (Phi) is 4.14. The minimum absolute atomic E-state index is 0.221. The molecule has 1 aromatic heterocycles. The third-order valence-electron chi connectivity index (χ3n) is 2.51. The van der Waals surface area contributed by atoms with Gasteiger partial charge in [-0.15, -0.1) is 11.3 Å². The lowest BCUT2D eigenvalue weighted by molar-refractivity contribution is -0.0864. The van der Waals surface area contributed by atoms with Crippen molar-refractivity contribution in [2.24, 2.45) is 0 Å². The Morgan fingerprint density at radius 2 is 2.47 bits per heavy atom. The number of hydrogen-bond donors (Lipinski definition) is 1. The van der Waals surface area contributed by atoms with Gasteiger partial charge in [0.25, 0.3) is 0 Å². The van der Waals surface area contributed by atoms with Crippen molar-refractivity contribution in [3.63, 3.8) is 0 Å². The molecule has 0 bridgehead atoms. The first-order valence-electron chi connectivity index (χ1n) is 5.29. The van der Waals surface area contributed by atoms with Gasteiger partial charge < -0.3 is 14.8 Å². The van der Waals surface area contributed by atoms with Crippen LogP contribution in [0.4, 0.5) is 0 Å². The zero-order valence-electron chi connectivity index (χ0n) is 8.99. The lowest BCUT2D eigenvalue weighted by Crippen LogP contribution is -2.37. The van der Waals surface area contributed by atoms with Gasteiger partial charge in [-0.25, -0.2) is 0 Å². The number of ether oxygens (including phenoxy) is 2. The Balaban J connectivity index is 1.68. The lowest BCUT2D eigenvalue weighted by Gasteiger charge is -2.23. The van der Waals surface area contributed by atoms with Gasteiger partial charge in [-0.2, -0.15) is 0 Å². The van der Waals surface area contributed by atoms with E-state index < -0.39 is 0 Å². The van der Waals surface area contributed by atoms with Crippen LogP contribution in [0.2, 0.25) is 0 Å². The third-order valence-corrected chi connectivity index (χ3v) is 3.53. The van der Waals surface area contributed by atoms with Crippen LogP contribution in [0.1, 0.15) is 10.4 Å². The van der Waals surface area contributed by atoms with Crippen molar-refractivity contribution >= 4 is 11.3 Å². The van der Waals surface area contributed by atoms with Crippen molar-refractivity contribution in [1.82, 2.24) is 5.32 Å². The van der Waals surface area contributed by atoms with Gasteiger partial charge in [-0.05, 0) is 23.9 Å². The number of nitrogens with one attached hydrogen (secondary N) is 1. The molecule has 1 aromatic rings. The first kappa shape index (κ1) is 11.1. The van der Waals surface area contributed by atoms with Crippen LogP contribution in [0.5, 0.6) is 0 Å². The van der Waals surface area contributed by atoms with Crippen molar-refractivity contribution in [3.05, 3.63) is 21.9 Å². The van der Waals surface area contributed by atoms with E-state index in [4.69, 9.17) is 9.47 Å². The van der Waals surface area contributed by atoms with Crippen molar-refractivity contribution < 1.29 is 9.47 Å². The molecule has 1 atom stereocenters. The zero-order chi connectivity index (χ0) is 10.5. The second-order valence-corrected chi connectivity index (χ2v) is 4.73. The van der Waals surface area contributed by atoms with Gasteiger partial charge in [0.15, 0.2) is 0 Å². The predicted molar refractivity (Wildman–Crippen MR) is 61.3 cm³/mol. The largest absolute Gasteiger partial charge is 0.376 e. The molecule has 0 saturated carbocycles. The minimum Gasteiger partial charge on any atom is -0.376 e. The van der Waals surface area contributed by atoms with Gasteiger partial charge >= 0.3 is 0 Å². The summed E-state index contributed by atoms with van der Waals surface area (Å²) in [6.45, 7) is 6.13. The first-order chi connectivity index (χ1) is 7.36. The molecule has 1 saturated heterocycles. The maximum atomic E-state index is 5.54. The molecular weight excluding hydrogens is 210 g/mol. The fraction of sp³-hybridized carbons (Fsp3) is 0.636. The van der Waals surface area contributed by atoms with Crippen LogP contribution in [0.25, 0.3) is 0 Å². The van der Waals surface area contributed by atoms with E-state index in [0.717, 1.165) is 32.9 Å². The Morgan fingerprint density at radius 3 is 3.13 bits per heavy atom. The van der Waals surface area contributed by atoms with Crippen molar-refractivity contribution in [2.75, 3.05) is 26.4 Å². The normalized spacial score (nSPS) is 21.8. The molecule has 1 fully saturated rings. The lowest BCUT2D eigenvalue weighted by atomic mass is 10.3. The van der Waals surface area contributed by atoms with E-state index in [9.17, 15) is 0 Å². The molecule has 0 aromatic carbocycles. The highest BCUT2D eigenvalue weighted by Crippen LogP contribution is 2.14. The Hall–Kier alpha value is -0.420. The molecular formula is C11H17NO2S. The van der Waals surface area contributed by atoms with Crippen LogP contribution >= 0.6 is 11.3 Å². The first-order valence-corrected chi connectivity index (χ1v) is 6.17. The van der Waals surface area contributed by atoms with Crippen molar-refractivity contribution in [3.8, 4) is 0 Å². The molecule has 1 unspecified atom stereocenters. The summed E-state index contributed by atoms with van der Waals surface area (Å²) in [5, 5.41) is 5.54. The average molecular weight is 227 g/mol. The van der Waals surface area contributed by atoms with E-state index in [0.29, 0.717) is 0 Å². The summed E-state index contributed by atoms with van der Waals surface area (Å²) in [4.78, 5) is 1.41. The summed E-state index contributed by atoms with van der Waals surface area (Å²) in [6.07, 6.45) is 0.221. The number of rotatable bonds is 4. The summed E-state index contributed by atoms with van der Waals surface area (Å²) in [7, 11) is 0. The number of aryl methyl sites for hydroxylation is 1. The van der Waals surface area contributed by atoms with Crippen LogP contribution in [0.15, 0.2) is 11.4 Å². The molecule has 15 heavy (non-hydrogen) atoms. The molecule has 0 radical (unpaired) electrons. The second kappa shape index (κ2) is 5.61. The van der Waals surface area contributed by atoms with Gasteiger partial charge in [0, 0.05) is 18.0 Å². The van der Waals surface area contributed by atoms with Crippen molar-refractivity contribution in [2.45, 2.75) is 19.6 Å². The summed E-state index contributed by atoms with van der Waals surface area (Å²) in [6, 6.07) is 2.15. The molecule has 1 N–H and O–H groups in total. The second-order valence-electron chi connectivity index (χ2n) is 3.73. The fourth-order valence-electron chi connectivity index (χ4n) is 1.59. The highest BCUT2D eigenvalue weighted by atomic mass is 32.1. The van der Waals surface area contributed by atoms with Gasteiger partial charge in [0.1, 0.15) is 0 Å². The average Bonchev–Trinajstić information content (AvgIpc) is 2.66. The van der Waals surface area contributed by atoms with Gasteiger partial charge in [0.05, 0.1) is 25.9 Å². The Labute approximate surface area is 94.4 Å². The fourth-order valence-corrected chi connectivity index (χ4v) is 2.46. The van der Waals surface area contributed by atoms with E-state index in [1.165, 1.54) is 10.4 Å².